The standard InChI is InChI=1S/C32H31ClN6O4/c1-19-29(32(42)39(38(19)2)24-7-4-6-23(33)15-24)28(41)13-20-9-11-21(12-10-20)30-31(35)36-17-27(37-30)22-5-3-8-26(14-22)43-18-25(40)16-34/h3-12,14-15,17,25,40H,13,16,18,34H2,1-2H3,(H2,35,36). The molecule has 10 nitrogen and oxygen atoms in total. The minimum atomic E-state index is -0.755. The smallest absolute Gasteiger partial charge is 0.282 e. The Morgan fingerprint density at radius 2 is 1.81 bits per heavy atom. The van der Waals surface area contributed by atoms with Crippen LogP contribution in [0.15, 0.2) is 83.8 Å². The van der Waals surface area contributed by atoms with Gasteiger partial charge in [-0.15, -0.1) is 0 Å². The van der Waals surface area contributed by atoms with E-state index in [0.29, 0.717) is 33.5 Å². The van der Waals surface area contributed by atoms with Gasteiger partial charge in [0.15, 0.2) is 5.78 Å². The summed E-state index contributed by atoms with van der Waals surface area (Å²) < 4.78 is 8.73. The van der Waals surface area contributed by atoms with Crippen molar-refractivity contribution in [1.29, 1.82) is 0 Å². The molecule has 11 heteroatoms. The Morgan fingerprint density at radius 1 is 1.07 bits per heavy atom. The van der Waals surface area contributed by atoms with E-state index < -0.39 is 11.7 Å². The lowest BCUT2D eigenvalue weighted by atomic mass is 10.0. The van der Waals surface area contributed by atoms with Crippen LogP contribution in [-0.2, 0) is 13.5 Å². The number of halogens is 1. The van der Waals surface area contributed by atoms with Gasteiger partial charge in [-0.1, -0.05) is 54.1 Å². The fourth-order valence-electron chi connectivity index (χ4n) is 4.74. The van der Waals surface area contributed by atoms with Gasteiger partial charge in [0.25, 0.3) is 5.56 Å². The molecule has 0 saturated carbocycles. The zero-order chi connectivity index (χ0) is 30.7. The van der Waals surface area contributed by atoms with Crippen LogP contribution in [0.2, 0.25) is 5.02 Å². The number of hydrogen-bond donors (Lipinski definition) is 3. The molecule has 0 aliphatic rings. The number of aliphatic hydroxyl groups excluding tert-OH is 1. The normalized spacial score (nSPS) is 11.8. The summed E-state index contributed by atoms with van der Waals surface area (Å²) >= 11 is 6.13. The van der Waals surface area contributed by atoms with Crippen LogP contribution in [0, 0.1) is 6.92 Å². The first-order chi connectivity index (χ1) is 20.7. The van der Waals surface area contributed by atoms with E-state index in [-0.39, 0.29) is 36.7 Å². The zero-order valence-corrected chi connectivity index (χ0v) is 24.5. The largest absolute Gasteiger partial charge is 0.491 e. The van der Waals surface area contributed by atoms with Crippen LogP contribution < -0.4 is 21.8 Å². The number of nitrogens with two attached hydrogens (primary N) is 2. The second-order valence-electron chi connectivity index (χ2n) is 10.1. The molecule has 3 aromatic carbocycles. The van der Waals surface area contributed by atoms with Gasteiger partial charge in [0, 0.05) is 41.9 Å². The minimum Gasteiger partial charge on any atom is -0.491 e. The molecule has 0 aliphatic carbocycles. The van der Waals surface area contributed by atoms with E-state index >= 15 is 0 Å². The summed E-state index contributed by atoms with van der Waals surface area (Å²) in [5, 5.41) is 10.2. The van der Waals surface area contributed by atoms with Gasteiger partial charge in [0.2, 0.25) is 0 Å². The summed E-state index contributed by atoms with van der Waals surface area (Å²) in [5.41, 5.74) is 15.8. The molecule has 43 heavy (non-hydrogen) atoms. The number of carbonyl (C=O) groups excluding carboxylic acids is 1. The highest BCUT2D eigenvalue weighted by Gasteiger charge is 2.22. The number of ketones is 1. The summed E-state index contributed by atoms with van der Waals surface area (Å²) in [5.74, 6) is 0.536. The number of anilines is 1. The van der Waals surface area contributed by atoms with Crippen LogP contribution >= 0.6 is 11.6 Å². The number of ether oxygens (including phenoxy) is 1. The molecule has 0 spiro atoms. The lowest BCUT2D eigenvalue weighted by molar-refractivity contribution is 0.0991. The first kappa shape index (κ1) is 29.7. The molecule has 220 valence electrons. The summed E-state index contributed by atoms with van der Waals surface area (Å²) in [4.78, 5) is 35.7. The Hall–Kier alpha value is -4.77. The fourth-order valence-corrected chi connectivity index (χ4v) is 4.92. The maximum Gasteiger partial charge on any atom is 0.282 e. The van der Waals surface area contributed by atoms with E-state index in [1.165, 1.54) is 4.68 Å². The first-order valence-electron chi connectivity index (χ1n) is 13.6. The zero-order valence-electron chi connectivity index (χ0n) is 23.7. The molecule has 0 amide bonds. The van der Waals surface area contributed by atoms with Gasteiger partial charge >= 0.3 is 0 Å². The average Bonchev–Trinajstić information content (AvgIpc) is 3.23. The van der Waals surface area contributed by atoms with Crippen LogP contribution in [-0.4, -0.2) is 49.5 Å². The van der Waals surface area contributed by atoms with Crippen molar-refractivity contribution in [1.82, 2.24) is 19.3 Å². The van der Waals surface area contributed by atoms with Crippen LogP contribution in [0.25, 0.3) is 28.2 Å². The van der Waals surface area contributed by atoms with Gasteiger partial charge in [0.1, 0.15) is 35.5 Å². The predicted molar refractivity (Wildman–Crippen MR) is 167 cm³/mol. The van der Waals surface area contributed by atoms with Crippen molar-refractivity contribution in [3.05, 3.63) is 111 Å². The SMILES string of the molecule is Cc1c(C(=O)Cc2ccc(-c3nc(-c4cccc(OCC(O)CN)c4)cnc3N)cc2)c(=O)n(-c2cccc(Cl)c2)n1C. The lowest BCUT2D eigenvalue weighted by Crippen LogP contribution is -2.26. The minimum absolute atomic E-state index is 0.0444. The third-order valence-corrected chi connectivity index (χ3v) is 7.36. The van der Waals surface area contributed by atoms with E-state index in [1.807, 2.05) is 36.4 Å². The molecule has 0 saturated heterocycles. The van der Waals surface area contributed by atoms with Gasteiger partial charge in [-0.25, -0.2) is 14.6 Å². The number of nitrogen functional groups attached to an aromatic ring is 1. The Bertz CT molecular complexity index is 1850. The third-order valence-electron chi connectivity index (χ3n) is 7.12. The van der Waals surface area contributed by atoms with Gasteiger partial charge in [-0.05, 0) is 42.8 Å². The molecule has 5 rings (SSSR count). The molecule has 1 atom stereocenters. The van der Waals surface area contributed by atoms with Crippen LogP contribution in [0.5, 0.6) is 5.75 Å². The number of hydrogen-bond acceptors (Lipinski definition) is 8. The van der Waals surface area contributed by atoms with E-state index in [2.05, 4.69) is 4.98 Å². The van der Waals surface area contributed by atoms with Gasteiger partial charge in [-0.3, -0.25) is 14.3 Å². The van der Waals surface area contributed by atoms with Gasteiger partial charge in [0.05, 0.1) is 17.6 Å². The van der Waals surface area contributed by atoms with Gasteiger partial charge < -0.3 is 21.3 Å². The Morgan fingerprint density at radius 3 is 2.53 bits per heavy atom. The monoisotopic (exact) mass is 598 g/mol. The quantitative estimate of drug-likeness (QED) is 0.204. The molecule has 2 aromatic heterocycles. The third kappa shape index (κ3) is 6.36. The number of Topliss-reactive ketones (excluding diaryl/α,β-unsaturated/α-hetero) is 1. The maximum absolute atomic E-state index is 13.3. The highest BCUT2D eigenvalue weighted by Crippen LogP contribution is 2.28. The number of nitrogens with zero attached hydrogens (tertiary/aromatic N) is 4. The molecule has 5 aromatic rings. The van der Waals surface area contributed by atoms with Crippen molar-refractivity contribution in [2.24, 2.45) is 12.8 Å². The first-order valence-corrected chi connectivity index (χ1v) is 13.9. The molecular weight excluding hydrogens is 568 g/mol. The Kier molecular flexibility index (Phi) is 8.72. The highest BCUT2D eigenvalue weighted by atomic mass is 35.5. The number of aromatic nitrogens is 4. The van der Waals surface area contributed by atoms with Gasteiger partial charge in [-0.2, -0.15) is 0 Å². The van der Waals surface area contributed by atoms with Crippen molar-refractivity contribution in [3.63, 3.8) is 0 Å². The Balaban J connectivity index is 1.36. The number of carbonyl (C=O) groups is 1. The molecule has 1 unspecified atom stereocenters. The summed E-state index contributed by atoms with van der Waals surface area (Å²) in [7, 11) is 1.73. The predicted octanol–water partition coefficient (Wildman–Crippen LogP) is 3.97. The molecule has 0 aliphatic heterocycles. The lowest BCUT2D eigenvalue weighted by Gasteiger charge is -2.12. The van der Waals surface area contributed by atoms with Crippen molar-refractivity contribution in [2.75, 3.05) is 18.9 Å². The number of benzene rings is 3. The average molecular weight is 599 g/mol. The van der Waals surface area contributed by atoms with Crippen molar-refractivity contribution in [3.8, 4) is 34.0 Å². The van der Waals surface area contributed by atoms with E-state index in [1.54, 1.807) is 61.2 Å². The van der Waals surface area contributed by atoms with E-state index in [0.717, 1.165) is 16.7 Å². The van der Waals surface area contributed by atoms with Crippen LogP contribution in [0.1, 0.15) is 21.6 Å². The molecule has 0 radical (unpaired) electrons. The number of aliphatic hydroxyl groups is 1. The fraction of sp³-hybridized carbons (Fsp3) is 0.188. The topological polar surface area (TPSA) is 151 Å². The number of rotatable bonds is 10. The van der Waals surface area contributed by atoms with Crippen LogP contribution in [0.3, 0.4) is 0 Å². The van der Waals surface area contributed by atoms with Crippen LogP contribution in [0.4, 0.5) is 5.82 Å². The molecule has 0 fully saturated rings. The maximum atomic E-state index is 13.3. The van der Waals surface area contributed by atoms with E-state index in [4.69, 9.17) is 32.8 Å². The Labute approximate surface area is 253 Å². The second kappa shape index (κ2) is 12.6. The highest BCUT2D eigenvalue weighted by molar-refractivity contribution is 6.30. The molecule has 2 heterocycles. The molecular formula is C32H31ClN6O4. The summed E-state index contributed by atoms with van der Waals surface area (Å²) in [6, 6.07) is 21.5. The second-order valence-corrected chi connectivity index (χ2v) is 10.5. The summed E-state index contributed by atoms with van der Waals surface area (Å²) in [6.07, 6.45) is 0.870. The van der Waals surface area contributed by atoms with E-state index in [9.17, 15) is 14.7 Å². The van der Waals surface area contributed by atoms with Crippen molar-refractivity contribution in [2.45, 2.75) is 19.4 Å². The molecule has 0 bridgehead atoms. The van der Waals surface area contributed by atoms with Crippen molar-refractivity contribution < 1.29 is 14.6 Å². The molecule has 5 N–H and O–H groups in total. The summed E-state index contributed by atoms with van der Waals surface area (Å²) in [6.45, 7) is 1.93. The van der Waals surface area contributed by atoms with Crippen molar-refractivity contribution >= 4 is 23.2 Å².